The van der Waals surface area contributed by atoms with Crippen LogP contribution in [0.25, 0.3) is 15.9 Å². The average Bonchev–Trinajstić information content (AvgIpc) is 3.27. The highest BCUT2D eigenvalue weighted by molar-refractivity contribution is 7.13. The van der Waals surface area contributed by atoms with E-state index in [1.807, 2.05) is 0 Å². The Morgan fingerprint density at radius 1 is 1.17 bits per heavy atom. The molecule has 0 aliphatic heterocycles. The number of amides is 1. The quantitative estimate of drug-likeness (QED) is 0.443. The molecular formula is C17H8Cl2F3N5OS. The molecule has 0 fully saturated rings. The first kappa shape index (κ1) is 19.6. The van der Waals surface area contributed by atoms with E-state index >= 15 is 0 Å². The van der Waals surface area contributed by atoms with Gasteiger partial charge in [-0.3, -0.25) is 4.79 Å². The fourth-order valence-corrected chi connectivity index (χ4v) is 3.64. The number of halogens is 5. The molecule has 3 heterocycles. The molecule has 0 unspecified atom stereocenters. The van der Waals surface area contributed by atoms with Crippen molar-refractivity contribution in [2.24, 2.45) is 0 Å². The smallest absolute Gasteiger partial charge is 0.304 e. The summed E-state index contributed by atoms with van der Waals surface area (Å²) in [4.78, 5) is 16.7. The number of pyridine rings is 1. The van der Waals surface area contributed by atoms with Gasteiger partial charge in [0, 0.05) is 22.7 Å². The van der Waals surface area contributed by atoms with E-state index in [1.165, 1.54) is 18.3 Å². The van der Waals surface area contributed by atoms with Crippen LogP contribution in [0.4, 0.5) is 19.0 Å². The largest absolute Gasteiger partial charge is 0.435 e. The molecule has 0 radical (unpaired) electrons. The van der Waals surface area contributed by atoms with Gasteiger partial charge in [-0.05, 0) is 41.9 Å². The Bertz CT molecular complexity index is 1240. The van der Waals surface area contributed by atoms with Gasteiger partial charge in [0.2, 0.25) is 0 Å². The SMILES string of the molecule is O=C(Nc1nsc2ccc(Cl)cc12)c1cc(C(F)(F)F)nn1-c1ncccc1Cl. The van der Waals surface area contributed by atoms with Gasteiger partial charge >= 0.3 is 6.18 Å². The van der Waals surface area contributed by atoms with Crippen LogP contribution in [-0.4, -0.2) is 25.0 Å². The maximum absolute atomic E-state index is 13.2. The summed E-state index contributed by atoms with van der Waals surface area (Å²) in [6.45, 7) is 0. The summed E-state index contributed by atoms with van der Waals surface area (Å²) in [5, 5.41) is 7.01. The van der Waals surface area contributed by atoms with E-state index in [1.54, 1.807) is 18.2 Å². The van der Waals surface area contributed by atoms with Crippen LogP contribution in [0.2, 0.25) is 10.0 Å². The zero-order valence-corrected chi connectivity index (χ0v) is 16.4. The predicted octanol–water partition coefficient (Wildman–Crippen LogP) is 5.45. The van der Waals surface area contributed by atoms with Crippen LogP contribution in [0.15, 0.2) is 42.6 Å². The summed E-state index contributed by atoms with van der Waals surface area (Å²) in [5.74, 6) is -0.797. The zero-order valence-electron chi connectivity index (χ0n) is 14.0. The van der Waals surface area contributed by atoms with Gasteiger partial charge in [-0.2, -0.15) is 22.6 Å². The van der Waals surface area contributed by atoms with Crippen LogP contribution in [-0.2, 0) is 6.18 Å². The highest BCUT2D eigenvalue weighted by Gasteiger charge is 2.36. The van der Waals surface area contributed by atoms with Gasteiger partial charge in [-0.25, -0.2) is 9.67 Å². The van der Waals surface area contributed by atoms with Crippen molar-refractivity contribution < 1.29 is 18.0 Å². The van der Waals surface area contributed by atoms with Crippen molar-refractivity contribution in [1.82, 2.24) is 19.1 Å². The van der Waals surface area contributed by atoms with Crippen molar-refractivity contribution in [1.29, 1.82) is 0 Å². The number of nitrogens with one attached hydrogen (secondary N) is 1. The fraction of sp³-hybridized carbons (Fsp3) is 0.0588. The molecular weight excluding hydrogens is 450 g/mol. The second-order valence-electron chi connectivity index (χ2n) is 5.76. The van der Waals surface area contributed by atoms with Crippen molar-refractivity contribution in [3.8, 4) is 5.82 Å². The number of anilines is 1. The van der Waals surface area contributed by atoms with E-state index in [2.05, 4.69) is 19.8 Å². The molecule has 1 amide bonds. The minimum Gasteiger partial charge on any atom is -0.304 e. The number of rotatable bonds is 3. The molecule has 0 bridgehead atoms. The molecule has 0 spiro atoms. The van der Waals surface area contributed by atoms with E-state index in [4.69, 9.17) is 23.2 Å². The lowest BCUT2D eigenvalue weighted by molar-refractivity contribution is -0.141. The van der Waals surface area contributed by atoms with E-state index in [-0.39, 0.29) is 16.7 Å². The summed E-state index contributed by atoms with van der Waals surface area (Å²) >= 11 is 13.1. The summed E-state index contributed by atoms with van der Waals surface area (Å²) in [7, 11) is 0. The number of alkyl halides is 3. The van der Waals surface area contributed by atoms with Gasteiger partial charge in [-0.1, -0.05) is 23.2 Å². The Balaban J connectivity index is 1.78. The molecule has 0 saturated carbocycles. The van der Waals surface area contributed by atoms with Crippen molar-refractivity contribution >= 4 is 56.5 Å². The van der Waals surface area contributed by atoms with Crippen LogP contribution < -0.4 is 5.32 Å². The lowest BCUT2D eigenvalue weighted by atomic mass is 10.2. The molecule has 12 heteroatoms. The molecule has 0 atom stereocenters. The van der Waals surface area contributed by atoms with Gasteiger partial charge in [0.25, 0.3) is 5.91 Å². The molecule has 6 nitrogen and oxygen atoms in total. The van der Waals surface area contributed by atoms with E-state index in [9.17, 15) is 18.0 Å². The summed E-state index contributed by atoms with van der Waals surface area (Å²) in [5.41, 5.74) is -1.66. The van der Waals surface area contributed by atoms with Gasteiger partial charge in [0.05, 0.1) is 9.72 Å². The Labute approximate surface area is 175 Å². The van der Waals surface area contributed by atoms with E-state index in [0.29, 0.717) is 16.5 Å². The highest BCUT2D eigenvalue weighted by atomic mass is 35.5. The summed E-state index contributed by atoms with van der Waals surface area (Å²) in [6, 6.07) is 8.55. The molecule has 29 heavy (non-hydrogen) atoms. The first-order chi connectivity index (χ1) is 13.7. The number of hydrogen-bond acceptors (Lipinski definition) is 5. The Kier molecular flexibility index (Phi) is 4.93. The maximum atomic E-state index is 13.2. The predicted molar refractivity (Wildman–Crippen MR) is 104 cm³/mol. The standard InChI is InChI=1S/C17H8Cl2F3N5OS/c18-8-3-4-12-9(6-8)14(26-29-12)24-16(28)11-7-13(17(20,21)22)25-27(11)15-10(19)2-1-5-23-15/h1-7H,(H,24,26,28). The number of carbonyl (C=O) groups is 1. The first-order valence-corrected chi connectivity index (χ1v) is 9.41. The van der Waals surface area contributed by atoms with E-state index < -0.39 is 23.5 Å². The lowest BCUT2D eigenvalue weighted by Gasteiger charge is -2.08. The number of nitrogens with zero attached hydrogens (tertiary/aromatic N) is 4. The van der Waals surface area contributed by atoms with Gasteiger partial charge < -0.3 is 5.32 Å². The van der Waals surface area contributed by atoms with Crippen LogP contribution in [0.1, 0.15) is 16.2 Å². The van der Waals surface area contributed by atoms with Crippen LogP contribution in [0.5, 0.6) is 0 Å². The monoisotopic (exact) mass is 457 g/mol. The van der Waals surface area contributed by atoms with Crippen LogP contribution >= 0.6 is 34.7 Å². The highest BCUT2D eigenvalue weighted by Crippen LogP contribution is 2.32. The van der Waals surface area contributed by atoms with Crippen molar-refractivity contribution in [3.63, 3.8) is 0 Å². The first-order valence-electron chi connectivity index (χ1n) is 7.88. The maximum Gasteiger partial charge on any atom is 0.435 e. The summed E-state index contributed by atoms with van der Waals surface area (Å²) < 4.78 is 45.3. The number of benzene rings is 1. The second kappa shape index (κ2) is 7.29. The molecule has 1 aromatic carbocycles. The number of hydrogen-bond donors (Lipinski definition) is 1. The molecule has 4 rings (SSSR count). The normalized spacial score (nSPS) is 11.8. The minimum atomic E-state index is -4.76. The van der Waals surface area contributed by atoms with Crippen molar-refractivity contribution in [2.75, 3.05) is 5.32 Å². The molecule has 4 aromatic rings. The molecule has 0 aliphatic carbocycles. The molecule has 148 valence electrons. The topological polar surface area (TPSA) is 72.7 Å². The fourth-order valence-electron chi connectivity index (χ4n) is 2.55. The number of fused-ring (bicyclic) bond motifs is 1. The Morgan fingerprint density at radius 2 is 1.97 bits per heavy atom. The molecule has 0 saturated heterocycles. The Morgan fingerprint density at radius 3 is 2.69 bits per heavy atom. The third-order valence-electron chi connectivity index (χ3n) is 3.84. The number of carbonyl (C=O) groups excluding carboxylic acids is 1. The molecule has 3 aromatic heterocycles. The number of aromatic nitrogens is 4. The van der Waals surface area contributed by atoms with Crippen LogP contribution in [0, 0.1) is 0 Å². The van der Waals surface area contributed by atoms with Gasteiger partial charge in [0.1, 0.15) is 5.69 Å². The lowest BCUT2D eigenvalue weighted by Crippen LogP contribution is -2.18. The van der Waals surface area contributed by atoms with Crippen molar-refractivity contribution in [3.05, 3.63) is 64.0 Å². The summed E-state index contributed by atoms with van der Waals surface area (Å²) in [6.07, 6.45) is -3.43. The van der Waals surface area contributed by atoms with E-state index in [0.717, 1.165) is 20.9 Å². The third kappa shape index (κ3) is 3.78. The Hall–Kier alpha value is -2.69. The third-order valence-corrected chi connectivity index (χ3v) is 5.19. The minimum absolute atomic E-state index is 0.0317. The van der Waals surface area contributed by atoms with Gasteiger partial charge in [0.15, 0.2) is 17.3 Å². The molecule has 1 N–H and O–H groups in total. The zero-order chi connectivity index (χ0) is 20.8. The molecule has 0 aliphatic rings. The second-order valence-corrected chi connectivity index (χ2v) is 7.41. The average molecular weight is 458 g/mol. The van der Waals surface area contributed by atoms with Crippen LogP contribution in [0.3, 0.4) is 0 Å². The van der Waals surface area contributed by atoms with Crippen molar-refractivity contribution in [2.45, 2.75) is 6.18 Å². The van der Waals surface area contributed by atoms with Gasteiger partial charge in [-0.15, -0.1) is 0 Å².